The molecular formula is C28H33N7O2. The maximum Gasteiger partial charge on any atom is 0.410 e. The van der Waals surface area contributed by atoms with Crippen LogP contribution in [0.25, 0.3) is 33.6 Å². The van der Waals surface area contributed by atoms with Crippen molar-refractivity contribution in [1.29, 1.82) is 0 Å². The Morgan fingerprint density at radius 2 is 1.59 bits per heavy atom. The van der Waals surface area contributed by atoms with Crippen LogP contribution < -0.4 is 0 Å². The first kappa shape index (κ1) is 24.7. The highest BCUT2D eigenvalue weighted by molar-refractivity contribution is 5.70. The van der Waals surface area contributed by atoms with Gasteiger partial charge in [-0.2, -0.15) is 10.2 Å². The summed E-state index contributed by atoms with van der Waals surface area (Å²) in [5.74, 6) is 1.15. The molecule has 1 fully saturated rings. The predicted molar refractivity (Wildman–Crippen MR) is 141 cm³/mol. The van der Waals surface area contributed by atoms with Crippen LogP contribution in [0.2, 0.25) is 0 Å². The second-order valence-corrected chi connectivity index (χ2v) is 10.6. The van der Waals surface area contributed by atoms with Crippen molar-refractivity contribution in [3.63, 3.8) is 0 Å². The molecule has 0 unspecified atom stereocenters. The van der Waals surface area contributed by atoms with Gasteiger partial charge in [0.2, 0.25) is 0 Å². The van der Waals surface area contributed by atoms with E-state index in [9.17, 15) is 4.79 Å². The number of rotatable bonds is 5. The van der Waals surface area contributed by atoms with Gasteiger partial charge in [-0.15, -0.1) is 0 Å². The van der Waals surface area contributed by atoms with Gasteiger partial charge >= 0.3 is 6.09 Å². The molecule has 1 saturated heterocycles. The van der Waals surface area contributed by atoms with E-state index in [1.807, 2.05) is 86.7 Å². The van der Waals surface area contributed by atoms with E-state index in [1.165, 1.54) is 0 Å². The van der Waals surface area contributed by atoms with Gasteiger partial charge in [0.15, 0.2) is 5.82 Å². The summed E-state index contributed by atoms with van der Waals surface area (Å²) in [6, 6.07) is 8.17. The summed E-state index contributed by atoms with van der Waals surface area (Å²) >= 11 is 0. The van der Waals surface area contributed by atoms with Gasteiger partial charge in [-0.3, -0.25) is 9.36 Å². The van der Waals surface area contributed by atoms with Crippen molar-refractivity contribution in [3.8, 4) is 33.6 Å². The third-order valence-electron chi connectivity index (χ3n) is 6.49. The average molecular weight is 500 g/mol. The molecule has 0 radical (unpaired) electrons. The van der Waals surface area contributed by atoms with E-state index in [-0.39, 0.29) is 6.09 Å². The molecule has 9 nitrogen and oxygen atoms in total. The Balaban J connectivity index is 1.19. The standard InChI is InChI=1S/C28H33N7O2/c1-28(2,3)37-27(36)34-10-8-20(9-11-34)17-35-19-25(16-32-35)23-13-29-26(30-14-23)22-7-5-6-21(12-22)24-15-31-33(4)18-24/h5-7,12-16,18-20H,8-11,17H2,1-4H3. The van der Waals surface area contributed by atoms with Crippen molar-refractivity contribution in [2.75, 3.05) is 13.1 Å². The van der Waals surface area contributed by atoms with Gasteiger partial charge in [0, 0.05) is 73.7 Å². The molecule has 5 rings (SSSR count). The number of aryl methyl sites for hydroxylation is 1. The first-order chi connectivity index (χ1) is 17.7. The van der Waals surface area contributed by atoms with Crippen molar-refractivity contribution in [2.45, 2.75) is 45.8 Å². The fourth-order valence-electron chi connectivity index (χ4n) is 4.54. The number of likely N-dealkylation sites (tertiary alicyclic amines) is 1. The number of carbonyl (C=O) groups is 1. The first-order valence-corrected chi connectivity index (χ1v) is 12.7. The van der Waals surface area contributed by atoms with Gasteiger partial charge in [-0.25, -0.2) is 14.8 Å². The quantitative estimate of drug-likeness (QED) is 0.381. The number of hydrogen-bond acceptors (Lipinski definition) is 6. The van der Waals surface area contributed by atoms with Gasteiger partial charge in [0.1, 0.15) is 5.60 Å². The van der Waals surface area contributed by atoms with E-state index in [0.29, 0.717) is 24.8 Å². The van der Waals surface area contributed by atoms with Crippen LogP contribution in [0.15, 0.2) is 61.4 Å². The topological polar surface area (TPSA) is 91.0 Å². The Kier molecular flexibility index (Phi) is 6.78. The average Bonchev–Trinajstić information content (AvgIpc) is 3.53. The third kappa shape index (κ3) is 6.04. The molecular weight excluding hydrogens is 466 g/mol. The summed E-state index contributed by atoms with van der Waals surface area (Å²) in [5.41, 5.74) is 4.55. The van der Waals surface area contributed by atoms with E-state index in [0.717, 1.165) is 47.2 Å². The molecule has 192 valence electrons. The van der Waals surface area contributed by atoms with E-state index in [4.69, 9.17) is 4.74 Å². The number of benzene rings is 1. The molecule has 0 atom stereocenters. The van der Waals surface area contributed by atoms with Crippen molar-refractivity contribution in [1.82, 2.24) is 34.4 Å². The fraction of sp³-hybridized carbons (Fsp3) is 0.393. The molecule has 0 bridgehead atoms. The summed E-state index contributed by atoms with van der Waals surface area (Å²) in [5, 5.41) is 8.82. The van der Waals surface area contributed by atoms with Gasteiger partial charge in [-0.1, -0.05) is 18.2 Å². The van der Waals surface area contributed by atoms with Crippen LogP contribution in [0.1, 0.15) is 33.6 Å². The number of nitrogens with zero attached hydrogens (tertiary/aromatic N) is 7. The number of aromatic nitrogens is 6. The lowest BCUT2D eigenvalue weighted by atomic mass is 9.97. The second kappa shape index (κ2) is 10.2. The smallest absolute Gasteiger partial charge is 0.410 e. The SMILES string of the molecule is Cn1cc(-c2cccc(-c3ncc(-c4cnn(CC5CCN(C(=O)OC(C)(C)C)CC5)c4)cn3)c2)cn1. The van der Waals surface area contributed by atoms with E-state index in [2.05, 4.69) is 32.3 Å². The van der Waals surface area contributed by atoms with Crippen molar-refractivity contribution < 1.29 is 9.53 Å². The maximum atomic E-state index is 12.3. The lowest BCUT2D eigenvalue weighted by molar-refractivity contribution is 0.0177. The Hall–Kier alpha value is -4.01. The van der Waals surface area contributed by atoms with Crippen molar-refractivity contribution in [2.24, 2.45) is 13.0 Å². The number of carbonyl (C=O) groups excluding carboxylic acids is 1. The molecule has 0 N–H and O–H groups in total. The Morgan fingerprint density at radius 1 is 0.919 bits per heavy atom. The van der Waals surface area contributed by atoms with Gasteiger partial charge < -0.3 is 9.64 Å². The van der Waals surface area contributed by atoms with E-state index in [1.54, 1.807) is 4.68 Å². The van der Waals surface area contributed by atoms with Crippen LogP contribution in [0.4, 0.5) is 4.79 Å². The summed E-state index contributed by atoms with van der Waals surface area (Å²) in [6.07, 6.45) is 13.1. The van der Waals surface area contributed by atoms with Gasteiger partial charge in [-0.05, 0) is 51.2 Å². The van der Waals surface area contributed by atoms with Crippen LogP contribution in [-0.4, -0.2) is 59.2 Å². The minimum Gasteiger partial charge on any atom is -0.444 e. The molecule has 4 aromatic rings. The molecule has 9 heteroatoms. The largest absolute Gasteiger partial charge is 0.444 e. The second-order valence-electron chi connectivity index (χ2n) is 10.6. The number of hydrogen-bond donors (Lipinski definition) is 0. The molecule has 1 amide bonds. The first-order valence-electron chi connectivity index (χ1n) is 12.7. The minimum absolute atomic E-state index is 0.223. The maximum absolute atomic E-state index is 12.3. The highest BCUT2D eigenvalue weighted by Gasteiger charge is 2.27. The van der Waals surface area contributed by atoms with Crippen LogP contribution in [0.5, 0.6) is 0 Å². The molecule has 1 aliphatic rings. The number of piperidine rings is 1. The highest BCUT2D eigenvalue weighted by Crippen LogP contribution is 2.26. The van der Waals surface area contributed by atoms with Crippen LogP contribution in [0.3, 0.4) is 0 Å². The summed E-state index contributed by atoms with van der Waals surface area (Å²) in [6.45, 7) is 7.94. The zero-order valence-corrected chi connectivity index (χ0v) is 21.8. The van der Waals surface area contributed by atoms with Gasteiger partial charge in [0.05, 0.1) is 12.4 Å². The molecule has 0 spiro atoms. The zero-order valence-electron chi connectivity index (χ0n) is 21.8. The molecule has 0 saturated carbocycles. The molecule has 1 aliphatic heterocycles. The molecule has 3 aromatic heterocycles. The van der Waals surface area contributed by atoms with Crippen LogP contribution in [0, 0.1) is 5.92 Å². The van der Waals surface area contributed by atoms with E-state index < -0.39 is 5.60 Å². The molecule has 1 aromatic carbocycles. The van der Waals surface area contributed by atoms with Crippen molar-refractivity contribution >= 4 is 6.09 Å². The number of ether oxygens (including phenoxy) is 1. The third-order valence-corrected chi connectivity index (χ3v) is 6.49. The Morgan fingerprint density at radius 3 is 2.27 bits per heavy atom. The van der Waals surface area contributed by atoms with E-state index >= 15 is 0 Å². The summed E-state index contributed by atoms with van der Waals surface area (Å²) in [7, 11) is 1.91. The summed E-state index contributed by atoms with van der Waals surface area (Å²) in [4.78, 5) is 23.4. The predicted octanol–water partition coefficient (Wildman–Crippen LogP) is 5.05. The zero-order chi connectivity index (χ0) is 26.0. The highest BCUT2D eigenvalue weighted by atomic mass is 16.6. The monoisotopic (exact) mass is 499 g/mol. The molecule has 4 heterocycles. The molecule has 0 aliphatic carbocycles. The lowest BCUT2D eigenvalue weighted by Gasteiger charge is -2.33. The lowest BCUT2D eigenvalue weighted by Crippen LogP contribution is -2.42. The number of amides is 1. The minimum atomic E-state index is -0.467. The Bertz CT molecular complexity index is 1360. The summed E-state index contributed by atoms with van der Waals surface area (Å²) < 4.78 is 9.27. The molecule has 37 heavy (non-hydrogen) atoms. The Labute approximate surface area is 217 Å². The van der Waals surface area contributed by atoms with Crippen LogP contribution in [-0.2, 0) is 18.3 Å². The normalized spacial score (nSPS) is 14.6. The van der Waals surface area contributed by atoms with Crippen LogP contribution >= 0.6 is 0 Å². The van der Waals surface area contributed by atoms with Gasteiger partial charge in [0.25, 0.3) is 0 Å². The fourth-order valence-corrected chi connectivity index (χ4v) is 4.54. The van der Waals surface area contributed by atoms with Crippen molar-refractivity contribution in [3.05, 3.63) is 61.4 Å².